The van der Waals surface area contributed by atoms with Gasteiger partial charge in [-0.2, -0.15) is 5.10 Å². The van der Waals surface area contributed by atoms with Crippen LogP contribution in [0, 0.1) is 0 Å². The predicted octanol–water partition coefficient (Wildman–Crippen LogP) is 4.25. The molecule has 3 aromatic rings. The average molecular weight is 346 g/mol. The van der Waals surface area contributed by atoms with Gasteiger partial charge in [-0.1, -0.05) is 47.5 Å². The monoisotopic (exact) mass is 345 g/mol. The lowest BCUT2D eigenvalue weighted by Crippen LogP contribution is -2.20. The summed E-state index contributed by atoms with van der Waals surface area (Å²) in [6.45, 7) is 0. The Hall–Kier alpha value is -2.30. The summed E-state index contributed by atoms with van der Waals surface area (Å²) < 4.78 is 1.83. The molecule has 0 aliphatic rings. The molecule has 0 radical (unpaired) electrons. The zero-order valence-electron chi connectivity index (χ0n) is 12.3. The van der Waals surface area contributed by atoms with Crippen LogP contribution in [0.2, 0.25) is 10.0 Å². The van der Waals surface area contributed by atoms with Crippen LogP contribution in [-0.2, 0) is 7.05 Å². The number of para-hydroxylation sites is 1. The Morgan fingerprint density at radius 1 is 1.13 bits per heavy atom. The second kappa shape index (κ2) is 6.44. The average Bonchev–Trinajstić information content (AvgIpc) is 2.88. The molecule has 1 amide bonds. The number of halogens is 2. The van der Waals surface area contributed by atoms with Crippen molar-refractivity contribution in [2.24, 2.45) is 12.1 Å². The standard InChI is InChI=1S/C17H13Cl2N3O/c1-22-15-5-3-2-4-12(15)9-16(22)17(23)21-20-10-11-6-7-13(18)14(19)8-11/h2-10H,1H3,(H,21,23)/b20-10+. The normalized spacial score (nSPS) is 11.3. The highest BCUT2D eigenvalue weighted by Gasteiger charge is 2.12. The zero-order valence-corrected chi connectivity index (χ0v) is 13.8. The summed E-state index contributed by atoms with van der Waals surface area (Å²) in [4.78, 5) is 12.3. The molecule has 0 bridgehead atoms. The second-order valence-electron chi connectivity index (χ2n) is 5.02. The van der Waals surface area contributed by atoms with E-state index in [1.165, 1.54) is 6.21 Å². The van der Waals surface area contributed by atoms with Gasteiger partial charge in [0.25, 0.3) is 5.91 Å². The summed E-state index contributed by atoms with van der Waals surface area (Å²) in [5.41, 5.74) is 4.80. The summed E-state index contributed by atoms with van der Waals surface area (Å²) >= 11 is 11.8. The summed E-state index contributed by atoms with van der Waals surface area (Å²) in [5, 5.41) is 5.88. The van der Waals surface area contributed by atoms with Crippen molar-refractivity contribution in [1.82, 2.24) is 9.99 Å². The van der Waals surface area contributed by atoms with E-state index < -0.39 is 0 Å². The minimum atomic E-state index is -0.278. The number of benzene rings is 2. The molecule has 1 aromatic heterocycles. The molecular formula is C17H13Cl2N3O. The topological polar surface area (TPSA) is 46.4 Å². The number of nitrogens with one attached hydrogen (secondary N) is 1. The quantitative estimate of drug-likeness (QED) is 0.559. The predicted molar refractivity (Wildman–Crippen MR) is 94.4 cm³/mol. The number of aromatic nitrogens is 1. The van der Waals surface area contributed by atoms with Gasteiger partial charge < -0.3 is 4.57 Å². The molecule has 0 atom stereocenters. The van der Waals surface area contributed by atoms with E-state index in [0.717, 1.165) is 16.5 Å². The molecule has 3 rings (SSSR count). The van der Waals surface area contributed by atoms with Crippen LogP contribution >= 0.6 is 23.2 Å². The minimum Gasteiger partial charge on any atom is -0.340 e. The van der Waals surface area contributed by atoms with Crippen LogP contribution in [0.15, 0.2) is 53.6 Å². The third-order valence-corrected chi connectivity index (χ3v) is 4.25. The number of amides is 1. The van der Waals surface area contributed by atoms with E-state index in [2.05, 4.69) is 10.5 Å². The molecule has 0 fully saturated rings. The maximum atomic E-state index is 12.3. The Labute approximate surface area is 143 Å². The molecule has 0 unspecified atom stereocenters. The molecule has 4 nitrogen and oxygen atoms in total. The van der Waals surface area contributed by atoms with Gasteiger partial charge in [-0.15, -0.1) is 0 Å². The van der Waals surface area contributed by atoms with Crippen LogP contribution in [0.4, 0.5) is 0 Å². The second-order valence-corrected chi connectivity index (χ2v) is 5.83. The fraction of sp³-hybridized carbons (Fsp3) is 0.0588. The smallest absolute Gasteiger partial charge is 0.287 e. The van der Waals surface area contributed by atoms with Crippen molar-refractivity contribution in [3.8, 4) is 0 Å². The Balaban J connectivity index is 1.77. The SMILES string of the molecule is Cn1c(C(=O)N/N=C/c2ccc(Cl)c(Cl)c2)cc2ccccc21. The zero-order chi connectivity index (χ0) is 16.4. The van der Waals surface area contributed by atoms with E-state index >= 15 is 0 Å². The van der Waals surface area contributed by atoms with E-state index in [4.69, 9.17) is 23.2 Å². The molecule has 0 aliphatic carbocycles. The molecule has 116 valence electrons. The van der Waals surface area contributed by atoms with Crippen LogP contribution in [-0.4, -0.2) is 16.7 Å². The lowest BCUT2D eigenvalue weighted by atomic mass is 10.2. The van der Waals surface area contributed by atoms with Crippen molar-refractivity contribution in [3.05, 3.63) is 69.8 Å². The number of aryl methyl sites for hydroxylation is 1. The maximum Gasteiger partial charge on any atom is 0.287 e. The highest BCUT2D eigenvalue weighted by Crippen LogP contribution is 2.22. The lowest BCUT2D eigenvalue weighted by molar-refractivity contribution is 0.0947. The number of hydrogen-bond acceptors (Lipinski definition) is 2. The highest BCUT2D eigenvalue weighted by atomic mass is 35.5. The van der Waals surface area contributed by atoms with Crippen molar-refractivity contribution in [1.29, 1.82) is 0 Å². The molecule has 0 aliphatic heterocycles. The number of fused-ring (bicyclic) bond motifs is 1. The number of carbonyl (C=O) groups excluding carboxylic acids is 1. The maximum absolute atomic E-state index is 12.3. The van der Waals surface area contributed by atoms with Crippen LogP contribution < -0.4 is 5.43 Å². The molecule has 0 saturated carbocycles. The van der Waals surface area contributed by atoms with Crippen molar-refractivity contribution < 1.29 is 4.79 Å². The Kier molecular flexibility index (Phi) is 4.37. The van der Waals surface area contributed by atoms with E-state index in [1.54, 1.807) is 18.2 Å². The van der Waals surface area contributed by atoms with E-state index in [-0.39, 0.29) is 5.91 Å². The number of rotatable bonds is 3. The molecule has 0 saturated heterocycles. The van der Waals surface area contributed by atoms with Gasteiger partial charge in [-0.25, -0.2) is 5.43 Å². The third kappa shape index (κ3) is 3.23. The molecule has 2 aromatic carbocycles. The fourth-order valence-electron chi connectivity index (χ4n) is 2.32. The lowest BCUT2D eigenvalue weighted by Gasteiger charge is -2.02. The summed E-state index contributed by atoms with van der Waals surface area (Å²) in [5.74, 6) is -0.278. The van der Waals surface area contributed by atoms with Gasteiger partial charge in [-0.05, 0) is 29.8 Å². The van der Waals surface area contributed by atoms with Crippen LogP contribution in [0.3, 0.4) is 0 Å². The number of carbonyl (C=O) groups is 1. The molecular weight excluding hydrogens is 333 g/mol. The van der Waals surface area contributed by atoms with E-state index in [9.17, 15) is 4.79 Å². The fourth-order valence-corrected chi connectivity index (χ4v) is 2.63. The Morgan fingerprint density at radius 2 is 1.91 bits per heavy atom. The van der Waals surface area contributed by atoms with Gasteiger partial charge in [0.2, 0.25) is 0 Å². The van der Waals surface area contributed by atoms with Crippen LogP contribution in [0.5, 0.6) is 0 Å². The van der Waals surface area contributed by atoms with Gasteiger partial charge in [0.1, 0.15) is 5.69 Å². The molecule has 1 N–H and O–H groups in total. The molecule has 6 heteroatoms. The van der Waals surface area contributed by atoms with Crippen molar-refractivity contribution in [3.63, 3.8) is 0 Å². The molecule has 23 heavy (non-hydrogen) atoms. The van der Waals surface area contributed by atoms with Crippen LogP contribution in [0.25, 0.3) is 10.9 Å². The number of hydrazone groups is 1. The summed E-state index contributed by atoms with van der Waals surface area (Å²) in [7, 11) is 1.85. The number of hydrogen-bond donors (Lipinski definition) is 1. The van der Waals surface area contributed by atoms with Gasteiger partial charge in [-0.3, -0.25) is 4.79 Å². The first-order valence-electron chi connectivity index (χ1n) is 6.89. The van der Waals surface area contributed by atoms with Crippen molar-refractivity contribution in [2.75, 3.05) is 0 Å². The van der Waals surface area contributed by atoms with Crippen molar-refractivity contribution >= 4 is 46.2 Å². The van der Waals surface area contributed by atoms with Crippen LogP contribution in [0.1, 0.15) is 16.1 Å². The number of nitrogens with zero attached hydrogens (tertiary/aromatic N) is 2. The first-order chi connectivity index (χ1) is 11.1. The first-order valence-corrected chi connectivity index (χ1v) is 7.65. The van der Waals surface area contributed by atoms with E-state index in [1.807, 2.05) is 41.9 Å². The van der Waals surface area contributed by atoms with E-state index in [0.29, 0.717) is 15.7 Å². The first kappa shape index (κ1) is 15.6. The Morgan fingerprint density at radius 3 is 2.65 bits per heavy atom. The third-order valence-electron chi connectivity index (χ3n) is 3.51. The van der Waals surface area contributed by atoms with Crippen molar-refractivity contribution in [2.45, 2.75) is 0 Å². The van der Waals surface area contributed by atoms with Gasteiger partial charge in [0, 0.05) is 18.0 Å². The molecule has 1 heterocycles. The molecule has 0 spiro atoms. The summed E-state index contributed by atoms with van der Waals surface area (Å²) in [6.07, 6.45) is 1.52. The van der Waals surface area contributed by atoms with Gasteiger partial charge in [0.05, 0.1) is 16.3 Å². The van der Waals surface area contributed by atoms with Gasteiger partial charge in [0.15, 0.2) is 0 Å². The Bertz CT molecular complexity index is 915. The highest BCUT2D eigenvalue weighted by molar-refractivity contribution is 6.42. The largest absolute Gasteiger partial charge is 0.340 e. The van der Waals surface area contributed by atoms with Gasteiger partial charge >= 0.3 is 0 Å². The summed E-state index contributed by atoms with van der Waals surface area (Å²) in [6, 6.07) is 14.8. The minimum absolute atomic E-state index is 0.278.